The molecule has 6 heavy (non-hydrogen) atoms. The van der Waals surface area contributed by atoms with E-state index in [0.29, 0.717) is 0 Å². The van der Waals surface area contributed by atoms with Crippen LogP contribution in [0.5, 0.6) is 0 Å². The molecule has 0 aliphatic carbocycles. The summed E-state index contributed by atoms with van der Waals surface area (Å²) < 4.78 is 3.34. The normalized spacial score (nSPS) is 24.0. The zero-order valence-corrected chi connectivity index (χ0v) is 6.89. The molecule has 1 aliphatic heterocycles. The van der Waals surface area contributed by atoms with Crippen LogP contribution in [-0.4, -0.2) is 21.1 Å². The Bertz CT molecular complexity index is 19.4. The van der Waals surface area contributed by atoms with Crippen molar-refractivity contribution in [3.63, 3.8) is 0 Å². The summed E-state index contributed by atoms with van der Waals surface area (Å²) in [7, 11) is 0. The van der Waals surface area contributed by atoms with Crippen LogP contribution in [0, 0.1) is 0 Å². The number of hydrogen-bond acceptors (Lipinski definition) is 0. The third-order valence-electron chi connectivity index (χ3n) is 1.21. The average molecular weight is 189 g/mol. The number of hydrogen-bond donors (Lipinski definition) is 0. The van der Waals surface area contributed by atoms with E-state index in [-0.39, 0.29) is 21.1 Å². The summed E-state index contributed by atoms with van der Waals surface area (Å²) in [5, 5.41) is 0. The summed E-state index contributed by atoms with van der Waals surface area (Å²) >= 11 is 0.286. The van der Waals surface area contributed by atoms with Gasteiger partial charge in [0.15, 0.2) is 0 Å². The van der Waals surface area contributed by atoms with E-state index < -0.39 is 0 Å². The first-order valence-corrected chi connectivity index (χ1v) is 6.74. The van der Waals surface area contributed by atoms with Crippen molar-refractivity contribution in [3.8, 4) is 0 Å². The standard InChI is InChI=1S/C5H10.Sn/c1-3-5-4-2;/h1-5H2;. The zero-order valence-electron chi connectivity index (χ0n) is 4.04. The second kappa shape index (κ2) is 2.89. The molecule has 1 saturated heterocycles. The van der Waals surface area contributed by atoms with Crippen molar-refractivity contribution in [2.45, 2.75) is 28.1 Å². The average Bonchev–Trinajstić information content (AvgIpc) is 1.72. The Morgan fingerprint density at radius 1 is 0.833 bits per heavy atom. The molecule has 0 amide bonds. The first-order valence-electron chi connectivity index (χ1n) is 2.71. The van der Waals surface area contributed by atoms with Crippen molar-refractivity contribution in [2.75, 3.05) is 0 Å². The predicted octanol–water partition coefficient (Wildman–Crippen LogP) is 1.71. The second-order valence-corrected chi connectivity index (χ2v) is 6.09. The molecule has 0 saturated carbocycles. The zero-order chi connectivity index (χ0) is 4.24. The Balaban J connectivity index is 2.00. The first kappa shape index (κ1) is 4.95. The van der Waals surface area contributed by atoms with Crippen molar-refractivity contribution in [3.05, 3.63) is 0 Å². The molecule has 0 N–H and O–H groups in total. The van der Waals surface area contributed by atoms with Crippen LogP contribution in [0.3, 0.4) is 0 Å². The van der Waals surface area contributed by atoms with E-state index in [1.165, 1.54) is 0 Å². The van der Waals surface area contributed by atoms with E-state index >= 15 is 0 Å². The molecule has 1 heteroatoms. The molecule has 0 aromatic carbocycles. The van der Waals surface area contributed by atoms with Gasteiger partial charge in [0, 0.05) is 0 Å². The van der Waals surface area contributed by atoms with Crippen molar-refractivity contribution in [1.82, 2.24) is 0 Å². The predicted molar refractivity (Wildman–Crippen MR) is 29.2 cm³/mol. The summed E-state index contributed by atoms with van der Waals surface area (Å²) in [6.07, 6.45) is 4.69. The van der Waals surface area contributed by atoms with Gasteiger partial charge in [-0.3, -0.25) is 0 Å². The quantitative estimate of drug-likeness (QED) is 0.508. The van der Waals surface area contributed by atoms with Crippen LogP contribution >= 0.6 is 0 Å². The van der Waals surface area contributed by atoms with Gasteiger partial charge < -0.3 is 0 Å². The molecule has 0 bridgehead atoms. The fourth-order valence-corrected chi connectivity index (χ4v) is 4.37. The summed E-state index contributed by atoms with van der Waals surface area (Å²) in [5.74, 6) is 0. The van der Waals surface area contributed by atoms with Gasteiger partial charge in [-0.2, -0.15) is 0 Å². The molecule has 0 aromatic rings. The topological polar surface area (TPSA) is 0 Å². The third-order valence-corrected chi connectivity index (χ3v) is 5.24. The van der Waals surface area contributed by atoms with Crippen LogP contribution in [0.15, 0.2) is 0 Å². The molecule has 0 nitrogen and oxygen atoms in total. The van der Waals surface area contributed by atoms with Crippen molar-refractivity contribution < 1.29 is 0 Å². The fourth-order valence-electron chi connectivity index (χ4n) is 0.802. The SMILES string of the molecule is C1C[CH2][Sn][CH2]C1. The summed E-state index contributed by atoms with van der Waals surface area (Å²) in [6, 6.07) is 0. The molecule has 0 atom stereocenters. The van der Waals surface area contributed by atoms with Crippen LogP contribution in [-0.2, 0) is 0 Å². The Morgan fingerprint density at radius 3 is 1.67 bits per heavy atom. The maximum atomic E-state index is 1.67. The third kappa shape index (κ3) is 1.50. The molecule has 0 unspecified atom stereocenters. The van der Waals surface area contributed by atoms with E-state index in [9.17, 15) is 0 Å². The summed E-state index contributed by atoms with van der Waals surface area (Å²) in [6.45, 7) is 0. The monoisotopic (exact) mass is 190 g/mol. The van der Waals surface area contributed by atoms with Crippen molar-refractivity contribution >= 4 is 21.1 Å². The fraction of sp³-hybridized carbons (Fsp3) is 1.00. The molecule has 1 fully saturated rings. The Morgan fingerprint density at radius 2 is 1.50 bits per heavy atom. The molecule has 2 radical (unpaired) electrons. The molecule has 1 aliphatic rings. The van der Waals surface area contributed by atoms with E-state index in [4.69, 9.17) is 0 Å². The van der Waals surface area contributed by atoms with Crippen LogP contribution in [0.2, 0.25) is 8.87 Å². The van der Waals surface area contributed by atoms with Crippen LogP contribution in [0.25, 0.3) is 0 Å². The molecule has 0 spiro atoms. The van der Waals surface area contributed by atoms with Gasteiger partial charge in [-0.15, -0.1) is 0 Å². The Kier molecular flexibility index (Phi) is 2.38. The minimum atomic E-state index is 0.286. The minimum absolute atomic E-state index is 0.286. The molecular formula is C5H10Sn. The van der Waals surface area contributed by atoms with Gasteiger partial charge in [0.05, 0.1) is 0 Å². The molecule has 1 rings (SSSR count). The van der Waals surface area contributed by atoms with Crippen molar-refractivity contribution in [1.29, 1.82) is 0 Å². The van der Waals surface area contributed by atoms with E-state index in [1.807, 2.05) is 0 Å². The van der Waals surface area contributed by atoms with Crippen LogP contribution in [0.4, 0.5) is 0 Å². The van der Waals surface area contributed by atoms with Gasteiger partial charge in [-0.1, -0.05) is 0 Å². The Hall–Kier alpha value is 0.799. The van der Waals surface area contributed by atoms with E-state index in [2.05, 4.69) is 0 Å². The van der Waals surface area contributed by atoms with Gasteiger partial charge in [0.1, 0.15) is 0 Å². The van der Waals surface area contributed by atoms with Gasteiger partial charge in [-0.25, -0.2) is 0 Å². The second-order valence-electron chi connectivity index (χ2n) is 1.81. The molecule has 0 aromatic heterocycles. The van der Waals surface area contributed by atoms with E-state index in [1.54, 1.807) is 28.1 Å². The van der Waals surface area contributed by atoms with Crippen LogP contribution in [0.1, 0.15) is 19.3 Å². The first-order chi connectivity index (χ1) is 3.00. The molecule has 34 valence electrons. The van der Waals surface area contributed by atoms with Gasteiger partial charge >= 0.3 is 49.3 Å². The number of rotatable bonds is 0. The Labute approximate surface area is 49.5 Å². The summed E-state index contributed by atoms with van der Waals surface area (Å²) in [5.41, 5.74) is 0. The van der Waals surface area contributed by atoms with Gasteiger partial charge in [0.2, 0.25) is 0 Å². The van der Waals surface area contributed by atoms with Gasteiger partial charge in [-0.05, 0) is 0 Å². The summed E-state index contributed by atoms with van der Waals surface area (Å²) in [4.78, 5) is 0. The van der Waals surface area contributed by atoms with Crippen molar-refractivity contribution in [2.24, 2.45) is 0 Å². The van der Waals surface area contributed by atoms with Crippen LogP contribution < -0.4 is 0 Å². The molecular weight excluding hydrogens is 179 g/mol. The maximum absolute atomic E-state index is 1.67. The van der Waals surface area contributed by atoms with Gasteiger partial charge in [0.25, 0.3) is 0 Å². The molecule has 1 heterocycles. The van der Waals surface area contributed by atoms with E-state index in [0.717, 1.165) is 0 Å².